The number of pyridine rings is 1. The lowest BCUT2D eigenvalue weighted by molar-refractivity contribution is 0.474. The number of aromatic hydroxyl groups is 1. The number of phenolic OH excluding ortho intramolecular Hbond substituents is 1. The molecule has 22 heavy (non-hydrogen) atoms. The Bertz CT molecular complexity index is 768. The van der Waals surface area contributed by atoms with Gasteiger partial charge in [-0.25, -0.2) is 4.98 Å². The summed E-state index contributed by atoms with van der Waals surface area (Å²) in [7, 11) is 0. The number of rotatable bonds is 2. The Labute approximate surface area is 144 Å². The molecule has 0 atom stereocenters. The Morgan fingerprint density at radius 2 is 1.64 bits per heavy atom. The molecule has 1 heterocycles. The second-order valence-electron chi connectivity index (χ2n) is 4.59. The third-order valence-corrected chi connectivity index (χ3v) is 2.99. The lowest BCUT2D eigenvalue weighted by Crippen LogP contribution is -1.82. The number of benzene rings is 2. The van der Waals surface area contributed by atoms with Gasteiger partial charge in [-0.15, -0.1) is 0 Å². The summed E-state index contributed by atoms with van der Waals surface area (Å²) in [4.78, 5) is 4.55. The lowest BCUT2D eigenvalue weighted by atomic mass is 10.1. The average Bonchev–Trinajstić information content (AvgIpc) is 2.55. The van der Waals surface area contributed by atoms with Gasteiger partial charge in [0.2, 0.25) is 0 Å². The van der Waals surface area contributed by atoms with Gasteiger partial charge in [-0.05, 0) is 34.8 Å². The van der Waals surface area contributed by atoms with Crippen molar-refractivity contribution in [1.82, 2.24) is 4.98 Å². The highest BCUT2D eigenvalue weighted by atomic mass is 127. The van der Waals surface area contributed by atoms with Gasteiger partial charge >= 0.3 is 0 Å². The van der Waals surface area contributed by atoms with E-state index >= 15 is 0 Å². The van der Waals surface area contributed by atoms with Crippen molar-refractivity contribution < 1.29 is 5.11 Å². The summed E-state index contributed by atoms with van der Waals surface area (Å²) in [6, 6.07) is 19.3. The number of hydrogen-bond acceptors (Lipinski definition) is 2. The Morgan fingerprint density at radius 3 is 2.41 bits per heavy atom. The smallest absolute Gasteiger partial charge is 0.122 e. The lowest BCUT2D eigenvalue weighted by Gasteiger charge is -1.99. The van der Waals surface area contributed by atoms with Gasteiger partial charge in [0.25, 0.3) is 0 Å². The molecule has 3 aromatic rings. The third-order valence-electron chi connectivity index (χ3n) is 2.99. The van der Waals surface area contributed by atoms with Crippen LogP contribution in [0.4, 0.5) is 0 Å². The van der Waals surface area contributed by atoms with Crippen LogP contribution in [0.1, 0.15) is 18.2 Å². The van der Waals surface area contributed by atoms with Gasteiger partial charge in [0.05, 0.1) is 11.2 Å². The summed E-state index contributed by atoms with van der Waals surface area (Å²) in [5, 5.41) is 10.8. The van der Waals surface area contributed by atoms with Crippen LogP contribution in [0.2, 0.25) is 0 Å². The van der Waals surface area contributed by atoms with Crippen molar-refractivity contribution in [2.45, 2.75) is 6.92 Å². The van der Waals surface area contributed by atoms with Crippen LogP contribution < -0.4 is 0 Å². The van der Waals surface area contributed by atoms with Crippen LogP contribution in [0.15, 0.2) is 60.7 Å². The van der Waals surface area contributed by atoms with Gasteiger partial charge < -0.3 is 5.11 Å². The third kappa shape index (κ3) is 4.56. The maximum absolute atomic E-state index is 9.69. The zero-order valence-corrected chi connectivity index (χ0v) is 14.6. The quantitative estimate of drug-likeness (QED) is 0.450. The second kappa shape index (κ2) is 8.54. The Kier molecular flexibility index (Phi) is 6.40. The number of hydrogen-bond donors (Lipinski definition) is 1. The molecule has 2 nitrogen and oxygen atoms in total. The average molecular weight is 403 g/mol. The molecule has 0 fully saturated rings. The normalized spacial score (nSPS) is 10.5. The van der Waals surface area contributed by atoms with Crippen LogP contribution in [-0.2, 0) is 0 Å². The molecule has 0 bridgehead atoms. The zero-order chi connectivity index (χ0) is 15.8. The number of fused-ring (bicyclic) bond motifs is 1. The fourth-order valence-electron chi connectivity index (χ4n) is 1.98. The van der Waals surface area contributed by atoms with Crippen LogP contribution in [0.5, 0.6) is 5.75 Å². The van der Waals surface area contributed by atoms with Crippen molar-refractivity contribution in [2.24, 2.45) is 0 Å². The zero-order valence-electron chi connectivity index (χ0n) is 12.4. The summed E-state index contributed by atoms with van der Waals surface area (Å²) < 4.78 is 1.22. The number of alkyl halides is 1. The molecular formula is C19H18INO. The van der Waals surface area contributed by atoms with Crippen LogP contribution >= 0.6 is 22.6 Å². The predicted molar refractivity (Wildman–Crippen MR) is 103 cm³/mol. The fourth-order valence-corrected chi connectivity index (χ4v) is 1.98. The highest BCUT2D eigenvalue weighted by Crippen LogP contribution is 2.19. The summed E-state index contributed by atoms with van der Waals surface area (Å²) in [5.74, 6) is 0.277. The number of halogens is 1. The van der Waals surface area contributed by atoms with E-state index in [-0.39, 0.29) is 5.75 Å². The van der Waals surface area contributed by atoms with E-state index in [0.717, 1.165) is 22.2 Å². The van der Waals surface area contributed by atoms with Gasteiger partial charge in [-0.1, -0.05) is 72.0 Å². The van der Waals surface area contributed by atoms with Gasteiger partial charge in [0.1, 0.15) is 5.75 Å². The highest BCUT2D eigenvalue weighted by Gasteiger charge is 1.96. The molecule has 0 aliphatic heterocycles. The second-order valence-corrected chi connectivity index (χ2v) is 6.11. The standard InChI is InChI=1S/C17H13NO.C2H5I/c19-17-8-4-2-6-14(17)10-12-15-11-9-13-5-1-3-7-16(13)18-15;1-2-3/h1-12,19H;2H2,1H3. The van der Waals surface area contributed by atoms with Crippen LogP contribution in [0.3, 0.4) is 0 Å². The minimum Gasteiger partial charge on any atom is -0.507 e. The molecule has 3 heteroatoms. The van der Waals surface area contributed by atoms with Crippen molar-refractivity contribution >= 4 is 45.6 Å². The van der Waals surface area contributed by atoms with E-state index in [1.54, 1.807) is 12.1 Å². The monoisotopic (exact) mass is 403 g/mol. The molecule has 0 aliphatic rings. The summed E-state index contributed by atoms with van der Waals surface area (Å²) >= 11 is 2.29. The minimum absolute atomic E-state index is 0.277. The van der Waals surface area contributed by atoms with Gasteiger partial charge in [0, 0.05) is 10.9 Å². The largest absolute Gasteiger partial charge is 0.507 e. The Hall–Kier alpha value is -1.88. The van der Waals surface area contributed by atoms with Gasteiger partial charge in [-0.2, -0.15) is 0 Å². The van der Waals surface area contributed by atoms with E-state index in [2.05, 4.69) is 34.5 Å². The molecule has 1 aromatic heterocycles. The van der Waals surface area contributed by atoms with Crippen molar-refractivity contribution in [1.29, 1.82) is 0 Å². The molecule has 0 amide bonds. The number of aromatic nitrogens is 1. The topological polar surface area (TPSA) is 33.1 Å². The van der Waals surface area contributed by atoms with Gasteiger partial charge in [-0.3, -0.25) is 0 Å². The van der Waals surface area contributed by atoms with E-state index in [1.807, 2.05) is 60.7 Å². The Balaban J connectivity index is 0.000000545. The molecule has 1 N–H and O–H groups in total. The highest BCUT2D eigenvalue weighted by molar-refractivity contribution is 14.1. The van der Waals surface area contributed by atoms with E-state index in [0.29, 0.717) is 0 Å². The SMILES string of the molecule is CCI.Oc1ccccc1C=Cc1ccc2ccccc2n1. The van der Waals surface area contributed by atoms with Crippen molar-refractivity contribution in [3.8, 4) is 5.75 Å². The van der Waals surface area contributed by atoms with Crippen molar-refractivity contribution in [2.75, 3.05) is 4.43 Å². The first kappa shape index (κ1) is 16.5. The molecule has 0 unspecified atom stereocenters. The number of para-hydroxylation sites is 2. The number of nitrogens with zero attached hydrogens (tertiary/aromatic N) is 1. The first-order valence-corrected chi connectivity index (χ1v) is 8.65. The fraction of sp³-hybridized carbons (Fsp3) is 0.105. The van der Waals surface area contributed by atoms with Crippen molar-refractivity contribution in [3.63, 3.8) is 0 Å². The molecule has 2 aromatic carbocycles. The molecule has 0 radical (unpaired) electrons. The molecule has 0 saturated carbocycles. The minimum atomic E-state index is 0.277. The van der Waals surface area contributed by atoms with E-state index in [4.69, 9.17) is 0 Å². The molecule has 0 spiro atoms. The van der Waals surface area contributed by atoms with Gasteiger partial charge in [0.15, 0.2) is 0 Å². The molecular weight excluding hydrogens is 385 g/mol. The molecule has 0 saturated heterocycles. The van der Waals surface area contributed by atoms with Crippen LogP contribution in [-0.4, -0.2) is 14.5 Å². The summed E-state index contributed by atoms with van der Waals surface area (Å²) in [6.07, 6.45) is 3.77. The first-order valence-electron chi connectivity index (χ1n) is 7.12. The van der Waals surface area contributed by atoms with E-state index in [1.165, 1.54) is 4.43 Å². The number of phenols is 1. The predicted octanol–water partition coefficient (Wildman–Crippen LogP) is 5.55. The summed E-state index contributed by atoms with van der Waals surface area (Å²) in [6.45, 7) is 2.11. The molecule has 112 valence electrons. The first-order chi connectivity index (χ1) is 10.7. The summed E-state index contributed by atoms with van der Waals surface area (Å²) in [5.41, 5.74) is 2.64. The molecule has 3 rings (SSSR count). The maximum atomic E-state index is 9.69. The van der Waals surface area contributed by atoms with E-state index in [9.17, 15) is 5.11 Å². The van der Waals surface area contributed by atoms with Crippen LogP contribution in [0.25, 0.3) is 23.1 Å². The Morgan fingerprint density at radius 1 is 0.955 bits per heavy atom. The molecule has 0 aliphatic carbocycles. The van der Waals surface area contributed by atoms with E-state index < -0.39 is 0 Å². The maximum Gasteiger partial charge on any atom is 0.122 e. The van der Waals surface area contributed by atoms with Crippen LogP contribution in [0, 0.1) is 0 Å². The van der Waals surface area contributed by atoms with Crippen molar-refractivity contribution in [3.05, 3.63) is 71.9 Å².